The normalized spacial score (nSPS) is 10.9. The van der Waals surface area contributed by atoms with E-state index < -0.39 is 18.5 Å². The zero-order valence-corrected chi connectivity index (χ0v) is 19.0. The van der Waals surface area contributed by atoms with Crippen LogP contribution < -0.4 is 5.32 Å². The highest BCUT2D eigenvalue weighted by Crippen LogP contribution is 2.29. The van der Waals surface area contributed by atoms with Crippen LogP contribution in [-0.2, 0) is 20.7 Å². The number of esters is 1. The van der Waals surface area contributed by atoms with Gasteiger partial charge in [-0.2, -0.15) is 0 Å². The smallest absolute Gasteiger partial charge is 0.310 e. The fourth-order valence-corrected chi connectivity index (χ4v) is 3.51. The molecule has 32 heavy (non-hydrogen) atoms. The average molecular weight is 437 g/mol. The third kappa shape index (κ3) is 5.35. The van der Waals surface area contributed by atoms with Crippen LogP contribution in [0.2, 0.25) is 0 Å². The Bertz CT molecular complexity index is 1140. The Labute approximate surface area is 187 Å². The predicted molar refractivity (Wildman–Crippen MR) is 123 cm³/mol. The Kier molecular flexibility index (Phi) is 6.98. The van der Waals surface area contributed by atoms with Crippen LogP contribution in [-0.4, -0.2) is 43.4 Å². The highest BCUT2D eigenvalue weighted by Gasteiger charge is 2.16. The Morgan fingerprint density at radius 2 is 1.78 bits per heavy atom. The number of rotatable bonds is 7. The molecule has 0 saturated heterocycles. The minimum absolute atomic E-state index is 0.0161. The minimum Gasteiger partial charge on any atom is -0.464 e. The number of carbonyl (C=O) groups is 3. The monoisotopic (exact) mass is 436 g/mol. The van der Waals surface area contributed by atoms with Crippen molar-refractivity contribution in [3.8, 4) is 0 Å². The number of fused-ring (bicyclic) bond motifs is 1. The van der Waals surface area contributed by atoms with Gasteiger partial charge in [0.15, 0.2) is 6.61 Å². The van der Waals surface area contributed by atoms with Crippen molar-refractivity contribution in [3.63, 3.8) is 0 Å². The first-order valence-electron chi connectivity index (χ1n) is 10.4. The number of benzene rings is 2. The largest absolute Gasteiger partial charge is 0.464 e. The molecule has 0 aliphatic carbocycles. The van der Waals surface area contributed by atoms with Gasteiger partial charge < -0.3 is 19.4 Å². The molecule has 0 atom stereocenters. The van der Waals surface area contributed by atoms with Crippen LogP contribution in [0.25, 0.3) is 11.0 Å². The number of nitrogens with one attached hydrogen (secondary N) is 1. The highest BCUT2D eigenvalue weighted by molar-refractivity contribution is 5.96. The molecule has 0 aliphatic rings. The van der Waals surface area contributed by atoms with Gasteiger partial charge in [0.2, 0.25) is 0 Å². The summed E-state index contributed by atoms with van der Waals surface area (Å²) < 4.78 is 10.7. The molecular weight excluding hydrogens is 408 g/mol. The van der Waals surface area contributed by atoms with Crippen molar-refractivity contribution in [2.24, 2.45) is 0 Å². The summed E-state index contributed by atoms with van der Waals surface area (Å²) in [5.74, 6) is -0.742. The average Bonchev–Trinajstić information content (AvgIpc) is 3.12. The molecule has 2 amide bonds. The summed E-state index contributed by atoms with van der Waals surface area (Å²) in [4.78, 5) is 37.8. The molecule has 0 fully saturated rings. The number of hydrogen-bond acceptors (Lipinski definition) is 5. The van der Waals surface area contributed by atoms with Crippen molar-refractivity contribution in [2.75, 3.05) is 26.0 Å². The van der Waals surface area contributed by atoms with Crippen LogP contribution >= 0.6 is 0 Å². The van der Waals surface area contributed by atoms with Crippen molar-refractivity contribution in [1.29, 1.82) is 0 Å². The maximum atomic E-state index is 12.3. The van der Waals surface area contributed by atoms with Gasteiger partial charge in [-0.1, -0.05) is 13.8 Å². The Balaban J connectivity index is 1.56. The molecular formula is C25H28N2O5. The fourth-order valence-electron chi connectivity index (χ4n) is 3.51. The standard InChI is InChI=1S/C25H28N2O5/c1-15(2)20-12-21-18(13-31-22(21)10-16(20)3)11-24(29)32-14-23(28)26-19-8-6-17(7-9-19)25(30)27(4)5/h6-10,12-13,15H,11,14H2,1-5H3,(H,26,28). The summed E-state index contributed by atoms with van der Waals surface area (Å²) >= 11 is 0. The molecule has 7 heteroatoms. The molecule has 7 nitrogen and oxygen atoms in total. The van der Waals surface area contributed by atoms with Gasteiger partial charge in [-0.15, -0.1) is 0 Å². The van der Waals surface area contributed by atoms with E-state index in [0.717, 1.165) is 22.1 Å². The maximum absolute atomic E-state index is 12.3. The van der Waals surface area contributed by atoms with E-state index in [-0.39, 0.29) is 12.3 Å². The lowest BCUT2D eigenvalue weighted by molar-refractivity contribution is -0.146. The molecule has 3 aromatic rings. The maximum Gasteiger partial charge on any atom is 0.310 e. The van der Waals surface area contributed by atoms with E-state index in [4.69, 9.17) is 9.15 Å². The summed E-state index contributed by atoms with van der Waals surface area (Å²) in [5, 5.41) is 3.53. The number of carbonyl (C=O) groups excluding carboxylic acids is 3. The molecule has 1 aromatic heterocycles. The van der Waals surface area contributed by atoms with Gasteiger partial charge in [0.05, 0.1) is 12.7 Å². The first-order valence-corrected chi connectivity index (χ1v) is 10.4. The van der Waals surface area contributed by atoms with E-state index in [2.05, 4.69) is 25.2 Å². The van der Waals surface area contributed by atoms with Gasteiger partial charge >= 0.3 is 5.97 Å². The number of nitrogens with zero attached hydrogens (tertiary/aromatic N) is 1. The first-order chi connectivity index (χ1) is 15.2. The number of anilines is 1. The third-order valence-corrected chi connectivity index (χ3v) is 5.19. The molecule has 0 radical (unpaired) electrons. The van der Waals surface area contributed by atoms with Crippen LogP contribution in [0.5, 0.6) is 0 Å². The van der Waals surface area contributed by atoms with Crippen LogP contribution in [0.4, 0.5) is 5.69 Å². The summed E-state index contributed by atoms with van der Waals surface area (Å²) in [5.41, 5.74) is 4.83. The van der Waals surface area contributed by atoms with E-state index in [1.807, 2.05) is 13.0 Å². The number of amides is 2. The third-order valence-electron chi connectivity index (χ3n) is 5.19. The zero-order chi connectivity index (χ0) is 23.4. The van der Waals surface area contributed by atoms with Gasteiger partial charge in [-0.05, 0) is 60.4 Å². The topological polar surface area (TPSA) is 88.8 Å². The summed E-state index contributed by atoms with van der Waals surface area (Å²) in [7, 11) is 3.34. The lowest BCUT2D eigenvalue weighted by Crippen LogP contribution is -2.22. The predicted octanol–water partition coefficient (Wildman–Crippen LogP) is 4.29. The molecule has 3 rings (SSSR count). The summed E-state index contributed by atoms with van der Waals surface area (Å²) in [6, 6.07) is 10.5. The van der Waals surface area contributed by atoms with Crippen molar-refractivity contribution < 1.29 is 23.5 Å². The fraction of sp³-hybridized carbons (Fsp3) is 0.320. The zero-order valence-electron chi connectivity index (χ0n) is 19.0. The van der Waals surface area contributed by atoms with Crippen LogP contribution in [0.3, 0.4) is 0 Å². The van der Waals surface area contributed by atoms with E-state index in [1.165, 1.54) is 10.5 Å². The van der Waals surface area contributed by atoms with Crippen LogP contribution in [0, 0.1) is 6.92 Å². The van der Waals surface area contributed by atoms with Gasteiger partial charge in [-0.3, -0.25) is 14.4 Å². The molecule has 1 heterocycles. The second kappa shape index (κ2) is 9.68. The first kappa shape index (κ1) is 23.1. The molecule has 0 aliphatic heterocycles. The highest BCUT2D eigenvalue weighted by atomic mass is 16.5. The number of ether oxygens (including phenoxy) is 1. The molecule has 168 valence electrons. The Morgan fingerprint density at radius 1 is 1.09 bits per heavy atom. The molecule has 1 N–H and O–H groups in total. The Morgan fingerprint density at radius 3 is 2.41 bits per heavy atom. The summed E-state index contributed by atoms with van der Waals surface area (Å²) in [6.07, 6.45) is 1.58. The number of hydrogen-bond donors (Lipinski definition) is 1. The Hall–Kier alpha value is -3.61. The quantitative estimate of drug-likeness (QED) is 0.558. The van der Waals surface area contributed by atoms with E-state index in [1.54, 1.807) is 44.6 Å². The number of furan rings is 1. The lowest BCUT2D eigenvalue weighted by Gasteiger charge is -2.11. The molecule has 0 spiro atoms. The van der Waals surface area contributed by atoms with Gasteiger partial charge in [-0.25, -0.2) is 0 Å². The van der Waals surface area contributed by atoms with Crippen LogP contribution in [0.15, 0.2) is 47.1 Å². The van der Waals surface area contributed by atoms with Crippen LogP contribution in [0.1, 0.15) is 46.8 Å². The lowest BCUT2D eigenvalue weighted by atomic mass is 9.95. The second-order valence-electron chi connectivity index (χ2n) is 8.28. The molecule has 0 bridgehead atoms. The van der Waals surface area contributed by atoms with Crippen molar-refractivity contribution in [3.05, 3.63) is 64.9 Å². The van der Waals surface area contributed by atoms with E-state index in [0.29, 0.717) is 17.2 Å². The number of aryl methyl sites for hydroxylation is 1. The molecule has 0 unspecified atom stereocenters. The van der Waals surface area contributed by atoms with Gasteiger partial charge in [0.1, 0.15) is 5.58 Å². The van der Waals surface area contributed by atoms with Crippen molar-refractivity contribution in [1.82, 2.24) is 4.90 Å². The second-order valence-corrected chi connectivity index (χ2v) is 8.28. The SMILES string of the molecule is Cc1cc2occ(CC(=O)OCC(=O)Nc3ccc(C(=O)N(C)C)cc3)c2cc1C(C)C. The van der Waals surface area contributed by atoms with Gasteiger partial charge in [0, 0.05) is 36.3 Å². The molecule has 2 aromatic carbocycles. The van der Waals surface area contributed by atoms with E-state index >= 15 is 0 Å². The summed E-state index contributed by atoms with van der Waals surface area (Å²) in [6.45, 7) is 5.88. The van der Waals surface area contributed by atoms with Crippen molar-refractivity contribution in [2.45, 2.75) is 33.1 Å². The minimum atomic E-state index is -0.513. The van der Waals surface area contributed by atoms with Gasteiger partial charge in [0.25, 0.3) is 11.8 Å². The molecule has 0 saturated carbocycles. The van der Waals surface area contributed by atoms with Crippen molar-refractivity contribution >= 4 is 34.4 Å². The van der Waals surface area contributed by atoms with E-state index in [9.17, 15) is 14.4 Å².